The number of amides is 2. The van der Waals surface area contributed by atoms with Gasteiger partial charge in [0.1, 0.15) is 23.8 Å². The largest absolute Gasteiger partial charge is 0.456 e. The molecule has 0 aliphatic carbocycles. The Balaban J connectivity index is 1.74. The van der Waals surface area contributed by atoms with E-state index in [9.17, 15) is 19.2 Å². The molecule has 12 heteroatoms. The number of thioether (sulfide) groups is 1. The van der Waals surface area contributed by atoms with Crippen LogP contribution in [0.4, 0.5) is 0 Å². The third-order valence-corrected chi connectivity index (χ3v) is 5.87. The van der Waals surface area contributed by atoms with Gasteiger partial charge in [-0.1, -0.05) is 65.1 Å². The van der Waals surface area contributed by atoms with Gasteiger partial charge in [0.2, 0.25) is 9.70 Å². The maximum atomic E-state index is 12.8. The van der Waals surface area contributed by atoms with Crippen molar-refractivity contribution in [3.8, 4) is 0 Å². The van der Waals surface area contributed by atoms with Crippen molar-refractivity contribution < 1.29 is 28.7 Å². The van der Waals surface area contributed by atoms with Crippen LogP contribution in [0.3, 0.4) is 0 Å². The van der Waals surface area contributed by atoms with E-state index in [2.05, 4.69) is 5.32 Å². The first-order chi connectivity index (χ1) is 14.6. The molecule has 1 unspecified atom stereocenters. The summed E-state index contributed by atoms with van der Waals surface area (Å²) < 4.78 is 8.22. The van der Waals surface area contributed by atoms with Crippen molar-refractivity contribution in [3.63, 3.8) is 0 Å². The van der Waals surface area contributed by atoms with Gasteiger partial charge in [0.25, 0.3) is 5.91 Å². The van der Waals surface area contributed by atoms with Crippen LogP contribution in [-0.4, -0.2) is 56.2 Å². The Kier molecular flexibility index (Phi) is 7.41. The molecule has 0 saturated carbocycles. The van der Waals surface area contributed by atoms with Crippen molar-refractivity contribution >= 4 is 70.3 Å². The molecule has 2 atom stereocenters. The smallest absolute Gasteiger partial charge is 0.358 e. The molecule has 0 aromatic heterocycles. The fraction of sp³-hybridized carbons (Fsp3) is 0.368. The van der Waals surface area contributed by atoms with Gasteiger partial charge in [0.15, 0.2) is 5.70 Å². The van der Waals surface area contributed by atoms with E-state index in [1.165, 1.54) is 18.7 Å². The van der Waals surface area contributed by atoms with Gasteiger partial charge in [-0.15, -0.1) is 11.8 Å². The van der Waals surface area contributed by atoms with Crippen molar-refractivity contribution in [2.75, 3.05) is 12.4 Å². The zero-order valence-electron chi connectivity index (χ0n) is 16.1. The van der Waals surface area contributed by atoms with Crippen molar-refractivity contribution in [3.05, 3.63) is 47.4 Å². The first-order valence-electron chi connectivity index (χ1n) is 9.00. The summed E-state index contributed by atoms with van der Waals surface area (Å²) in [6.45, 7) is 0.600. The summed E-state index contributed by atoms with van der Waals surface area (Å²) in [5, 5.41) is 2.12. The van der Waals surface area contributed by atoms with Crippen molar-refractivity contribution in [2.24, 2.45) is 0 Å². The highest BCUT2D eigenvalue weighted by atomic mass is 35.6. The molecule has 2 heterocycles. The van der Waals surface area contributed by atoms with Crippen LogP contribution in [-0.2, 0) is 35.1 Å². The average Bonchev–Trinajstić information content (AvgIpc) is 2.69. The number of halogens is 3. The summed E-state index contributed by atoms with van der Waals surface area (Å²) in [5.41, 5.74) is 0.555. The van der Waals surface area contributed by atoms with Gasteiger partial charge < -0.3 is 14.8 Å². The quantitative estimate of drug-likeness (QED) is 0.358. The minimum atomic E-state index is -1.85. The van der Waals surface area contributed by atoms with Gasteiger partial charge in [-0.3, -0.25) is 19.3 Å². The van der Waals surface area contributed by atoms with Gasteiger partial charge >= 0.3 is 11.9 Å². The van der Waals surface area contributed by atoms with Gasteiger partial charge in [0, 0.05) is 6.92 Å². The molecule has 166 valence electrons. The van der Waals surface area contributed by atoms with Crippen LogP contribution in [0, 0.1) is 0 Å². The minimum absolute atomic E-state index is 0.0366. The van der Waals surface area contributed by atoms with E-state index in [0.29, 0.717) is 0 Å². The molecule has 3 rings (SSSR count). The van der Waals surface area contributed by atoms with Gasteiger partial charge in [-0.2, -0.15) is 0 Å². The highest BCUT2D eigenvalue weighted by molar-refractivity contribution is 8.00. The molecule has 0 bridgehead atoms. The molecule has 2 aliphatic rings. The van der Waals surface area contributed by atoms with Crippen LogP contribution in [0.15, 0.2) is 41.8 Å². The first-order valence-corrected chi connectivity index (χ1v) is 11.2. The Morgan fingerprint density at radius 2 is 1.90 bits per heavy atom. The fourth-order valence-corrected chi connectivity index (χ4v) is 4.47. The van der Waals surface area contributed by atoms with Gasteiger partial charge in [-0.25, -0.2) is 4.79 Å². The monoisotopic (exact) mass is 506 g/mol. The molecule has 8 nitrogen and oxygen atoms in total. The Labute approximate surface area is 197 Å². The maximum absolute atomic E-state index is 12.8. The molecule has 2 amide bonds. The second-order valence-corrected chi connectivity index (χ2v) is 10.3. The SMILES string of the molecule is CC(=O)OC1=C(C(=O)OCC(Cl)(Cl)Cl)N2C(=O)C(NC(=O)Cc3ccccc3)[C@@H]2SC1. The molecule has 0 radical (unpaired) electrons. The van der Waals surface area contributed by atoms with Gasteiger partial charge in [0.05, 0.1) is 12.2 Å². The number of fused-ring (bicyclic) bond motifs is 1. The topological polar surface area (TPSA) is 102 Å². The second-order valence-electron chi connectivity index (χ2n) is 6.67. The molecule has 2 aliphatic heterocycles. The Morgan fingerprint density at radius 3 is 2.52 bits per heavy atom. The predicted molar refractivity (Wildman–Crippen MR) is 115 cm³/mol. The van der Waals surface area contributed by atoms with E-state index < -0.39 is 39.7 Å². The molecular weight excluding hydrogens is 491 g/mol. The fourth-order valence-electron chi connectivity index (χ4n) is 3.05. The first kappa shape index (κ1) is 23.7. The second kappa shape index (κ2) is 9.68. The number of hydrogen-bond acceptors (Lipinski definition) is 7. The lowest BCUT2D eigenvalue weighted by Crippen LogP contribution is -2.70. The third-order valence-electron chi connectivity index (χ3n) is 4.28. The zero-order chi connectivity index (χ0) is 22.8. The number of benzene rings is 1. The van der Waals surface area contributed by atoms with Crippen LogP contribution < -0.4 is 5.32 Å². The highest BCUT2D eigenvalue weighted by Crippen LogP contribution is 2.41. The number of carbonyl (C=O) groups is 4. The van der Waals surface area contributed by atoms with E-state index in [1.54, 1.807) is 12.1 Å². The molecule has 31 heavy (non-hydrogen) atoms. The van der Waals surface area contributed by atoms with Crippen molar-refractivity contribution in [2.45, 2.75) is 28.6 Å². The van der Waals surface area contributed by atoms with Crippen molar-refractivity contribution in [1.29, 1.82) is 0 Å². The summed E-state index contributed by atoms with van der Waals surface area (Å²) in [6.07, 6.45) is 0.106. The number of nitrogens with zero attached hydrogens (tertiary/aromatic N) is 1. The van der Waals surface area contributed by atoms with Crippen molar-refractivity contribution in [1.82, 2.24) is 10.2 Å². The van der Waals surface area contributed by atoms with E-state index in [-0.39, 0.29) is 29.5 Å². The summed E-state index contributed by atoms with van der Waals surface area (Å²) in [6, 6.07) is 8.23. The van der Waals surface area contributed by atoms with E-state index >= 15 is 0 Å². The maximum Gasteiger partial charge on any atom is 0.358 e. The summed E-state index contributed by atoms with van der Waals surface area (Å²) in [4.78, 5) is 50.3. The lowest BCUT2D eigenvalue weighted by Gasteiger charge is -2.49. The van der Waals surface area contributed by atoms with Crippen LogP contribution in [0.5, 0.6) is 0 Å². The van der Waals surface area contributed by atoms with Crippen LogP contribution >= 0.6 is 46.6 Å². The number of alkyl halides is 3. The number of ether oxygens (including phenoxy) is 2. The lowest BCUT2D eigenvalue weighted by atomic mass is 10.0. The zero-order valence-corrected chi connectivity index (χ0v) is 19.2. The molecule has 1 N–H and O–H groups in total. The molecule has 1 fully saturated rings. The third kappa shape index (κ3) is 5.85. The number of carbonyl (C=O) groups excluding carboxylic acids is 4. The number of hydrogen-bond donors (Lipinski definition) is 1. The lowest BCUT2D eigenvalue weighted by molar-refractivity contribution is -0.154. The standard InChI is InChI=1S/C19H17Cl3N2O6S/c1-10(25)30-12-8-31-17-14(23-13(26)7-11-5-3-2-4-6-11)16(27)24(17)15(12)18(28)29-9-19(20,21)22/h2-6,14,17H,7-9H2,1H3,(H,23,26)/t14?,17-/m0/s1. The Bertz CT molecular complexity index is 934. The van der Waals surface area contributed by atoms with E-state index in [4.69, 9.17) is 44.3 Å². The Hall–Kier alpha value is -1.94. The molecule has 0 spiro atoms. The van der Waals surface area contributed by atoms with Crippen LogP contribution in [0.25, 0.3) is 0 Å². The van der Waals surface area contributed by atoms with E-state index in [1.807, 2.05) is 18.2 Å². The number of β-lactam (4-membered cyclic amide) rings is 1. The Morgan fingerprint density at radius 1 is 1.23 bits per heavy atom. The highest BCUT2D eigenvalue weighted by Gasteiger charge is 2.55. The molecular formula is C19H17Cl3N2O6S. The van der Waals surface area contributed by atoms with Crippen LogP contribution in [0.2, 0.25) is 0 Å². The molecule has 1 saturated heterocycles. The predicted octanol–water partition coefficient (Wildman–Crippen LogP) is 2.32. The van der Waals surface area contributed by atoms with Crippen LogP contribution in [0.1, 0.15) is 12.5 Å². The summed E-state index contributed by atoms with van der Waals surface area (Å²) in [7, 11) is 0. The number of nitrogens with one attached hydrogen (secondary N) is 1. The van der Waals surface area contributed by atoms with Gasteiger partial charge in [-0.05, 0) is 5.56 Å². The summed E-state index contributed by atoms with van der Waals surface area (Å²) >= 11 is 18.1. The summed E-state index contributed by atoms with van der Waals surface area (Å²) in [5.74, 6) is -2.44. The number of rotatable bonds is 6. The average molecular weight is 508 g/mol. The molecule has 1 aromatic carbocycles. The number of esters is 2. The molecule has 1 aromatic rings. The normalized spacial score (nSPS) is 20.5. The minimum Gasteiger partial charge on any atom is -0.456 e. The van der Waals surface area contributed by atoms with E-state index in [0.717, 1.165) is 10.5 Å².